The van der Waals surface area contributed by atoms with E-state index in [1.54, 1.807) is 6.92 Å². The van der Waals surface area contributed by atoms with Crippen LogP contribution in [-0.4, -0.2) is 28.6 Å². The number of hydrogen-bond donors (Lipinski definition) is 1. The van der Waals surface area contributed by atoms with Gasteiger partial charge in [-0.1, -0.05) is 18.2 Å². The molecule has 4 nitrogen and oxygen atoms in total. The molecule has 0 radical (unpaired) electrons. The molecule has 19 heavy (non-hydrogen) atoms. The molecule has 5 atom stereocenters. The second kappa shape index (κ2) is 3.79. The maximum Gasteiger partial charge on any atom is 0.334 e. The highest BCUT2D eigenvalue weighted by molar-refractivity contribution is 5.95. The number of Topliss-reactive ketones (excluding diaryl/α,β-unsaturated/α-hetero) is 1. The molecule has 1 heterocycles. The third kappa shape index (κ3) is 1.56. The van der Waals surface area contributed by atoms with Crippen LogP contribution in [0.5, 0.6) is 0 Å². The lowest BCUT2D eigenvalue weighted by molar-refractivity contribution is -0.145. The third-order valence-corrected chi connectivity index (χ3v) is 5.05. The number of ether oxygens (including phenoxy) is 1. The van der Waals surface area contributed by atoms with Gasteiger partial charge >= 0.3 is 5.97 Å². The molecule has 1 aliphatic heterocycles. The quantitative estimate of drug-likeness (QED) is 0.407. The van der Waals surface area contributed by atoms with E-state index < -0.39 is 11.6 Å². The lowest BCUT2D eigenvalue weighted by Gasteiger charge is -2.33. The largest absolute Gasteiger partial charge is 0.458 e. The second-order valence-electron chi connectivity index (χ2n) is 6.09. The number of aliphatic hydroxyl groups is 1. The van der Waals surface area contributed by atoms with Gasteiger partial charge in [0.25, 0.3) is 0 Å². The van der Waals surface area contributed by atoms with E-state index in [1.807, 2.05) is 13.0 Å². The van der Waals surface area contributed by atoms with E-state index in [0.717, 1.165) is 5.57 Å². The van der Waals surface area contributed by atoms with Crippen LogP contribution in [0.3, 0.4) is 0 Å². The summed E-state index contributed by atoms with van der Waals surface area (Å²) in [7, 11) is 0. The molecule has 0 bridgehead atoms. The molecule has 4 heteroatoms. The van der Waals surface area contributed by atoms with Crippen LogP contribution in [0.2, 0.25) is 0 Å². The van der Waals surface area contributed by atoms with Crippen molar-refractivity contribution in [3.63, 3.8) is 0 Å². The van der Waals surface area contributed by atoms with Crippen molar-refractivity contribution in [2.75, 3.05) is 0 Å². The van der Waals surface area contributed by atoms with Crippen LogP contribution in [0.15, 0.2) is 23.8 Å². The topological polar surface area (TPSA) is 63.6 Å². The van der Waals surface area contributed by atoms with Gasteiger partial charge in [0.2, 0.25) is 0 Å². The molecule has 5 unspecified atom stereocenters. The van der Waals surface area contributed by atoms with Crippen LogP contribution in [0.1, 0.15) is 26.7 Å². The zero-order chi connectivity index (χ0) is 13.9. The summed E-state index contributed by atoms with van der Waals surface area (Å²) >= 11 is 0. The molecule has 0 aromatic heterocycles. The number of fused-ring (bicyclic) bond motifs is 3. The van der Waals surface area contributed by atoms with E-state index in [1.165, 1.54) is 0 Å². The summed E-state index contributed by atoms with van der Waals surface area (Å²) in [4.78, 5) is 24.0. The molecule has 1 N–H and O–H groups in total. The van der Waals surface area contributed by atoms with Crippen molar-refractivity contribution in [3.05, 3.63) is 23.8 Å². The number of carbonyl (C=O) groups is 2. The molecule has 3 rings (SSSR count). The smallest absolute Gasteiger partial charge is 0.334 e. The zero-order valence-corrected chi connectivity index (χ0v) is 11.2. The Kier molecular flexibility index (Phi) is 2.52. The van der Waals surface area contributed by atoms with E-state index in [0.29, 0.717) is 12.0 Å². The zero-order valence-electron chi connectivity index (χ0n) is 11.2. The van der Waals surface area contributed by atoms with E-state index in [-0.39, 0.29) is 36.1 Å². The van der Waals surface area contributed by atoms with Gasteiger partial charge in [0.05, 0.1) is 0 Å². The fraction of sp³-hybridized carbons (Fsp3) is 0.600. The highest BCUT2D eigenvalue weighted by atomic mass is 16.6. The summed E-state index contributed by atoms with van der Waals surface area (Å²) < 4.78 is 5.44. The fourth-order valence-corrected chi connectivity index (χ4v) is 3.79. The second-order valence-corrected chi connectivity index (χ2v) is 6.09. The monoisotopic (exact) mass is 262 g/mol. The summed E-state index contributed by atoms with van der Waals surface area (Å²) in [5.74, 6) is -1.17. The fourth-order valence-electron chi connectivity index (χ4n) is 3.79. The maximum absolute atomic E-state index is 12.3. The number of esters is 1. The molecule has 0 aromatic carbocycles. The van der Waals surface area contributed by atoms with E-state index >= 15 is 0 Å². The molecule has 3 aliphatic rings. The van der Waals surface area contributed by atoms with Crippen molar-refractivity contribution in [1.82, 2.24) is 0 Å². The van der Waals surface area contributed by atoms with Gasteiger partial charge in [-0.25, -0.2) is 4.79 Å². The third-order valence-electron chi connectivity index (χ3n) is 5.05. The van der Waals surface area contributed by atoms with Crippen LogP contribution < -0.4 is 0 Å². The molecular weight excluding hydrogens is 244 g/mol. The van der Waals surface area contributed by atoms with Gasteiger partial charge in [-0.3, -0.25) is 4.79 Å². The number of allylic oxidation sites excluding steroid dienone is 1. The number of ketones is 1. The number of rotatable bonds is 0. The van der Waals surface area contributed by atoms with Crippen molar-refractivity contribution in [1.29, 1.82) is 0 Å². The van der Waals surface area contributed by atoms with Crippen LogP contribution in [0.4, 0.5) is 0 Å². The molecule has 0 amide bonds. The standard InChI is InChI=1S/C15H18O4/c1-7-4-5-10-12(7)13-9(8(2)14(17)19-13)6-11(16)15(10,3)18/h4,9-10,12-13,18H,2,5-6H2,1,3H3. The Labute approximate surface area is 112 Å². The lowest BCUT2D eigenvalue weighted by Crippen LogP contribution is -2.45. The first-order valence-electron chi connectivity index (χ1n) is 6.66. The van der Waals surface area contributed by atoms with Crippen molar-refractivity contribution in [2.45, 2.75) is 38.4 Å². The molecule has 1 saturated heterocycles. The van der Waals surface area contributed by atoms with Crippen molar-refractivity contribution < 1.29 is 19.4 Å². The average Bonchev–Trinajstić information content (AvgIpc) is 2.82. The summed E-state index contributed by atoms with van der Waals surface area (Å²) in [5.41, 5.74) is 0.114. The average molecular weight is 262 g/mol. The van der Waals surface area contributed by atoms with E-state index in [4.69, 9.17) is 4.74 Å². The molecular formula is C15H18O4. The SMILES string of the molecule is C=C1C(=O)OC2C1CC(=O)C(C)(O)C1CC=C(C)C21. The van der Waals surface area contributed by atoms with E-state index in [9.17, 15) is 14.7 Å². The summed E-state index contributed by atoms with van der Waals surface area (Å²) in [6.07, 6.45) is 2.49. The van der Waals surface area contributed by atoms with Gasteiger partial charge in [-0.2, -0.15) is 0 Å². The molecule has 1 saturated carbocycles. The van der Waals surface area contributed by atoms with Gasteiger partial charge < -0.3 is 9.84 Å². The Bertz CT molecular complexity index is 514. The predicted molar refractivity (Wildman–Crippen MR) is 68.1 cm³/mol. The molecule has 0 aromatic rings. The molecule has 2 fully saturated rings. The Morgan fingerprint density at radius 3 is 2.84 bits per heavy atom. The Morgan fingerprint density at radius 2 is 2.16 bits per heavy atom. The van der Waals surface area contributed by atoms with Gasteiger partial charge in [0.1, 0.15) is 11.7 Å². The Hall–Kier alpha value is -1.42. The van der Waals surface area contributed by atoms with Gasteiger partial charge in [-0.15, -0.1) is 0 Å². The van der Waals surface area contributed by atoms with Crippen molar-refractivity contribution in [3.8, 4) is 0 Å². The molecule has 2 aliphatic carbocycles. The van der Waals surface area contributed by atoms with Crippen LogP contribution in [-0.2, 0) is 14.3 Å². The maximum atomic E-state index is 12.3. The lowest BCUT2D eigenvalue weighted by atomic mass is 9.76. The Morgan fingerprint density at radius 1 is 1.47 bits per heavy atom. The predicted octanol–water partition coefficient (Wildman–Crippen LogP) is 1.39. The first-order valence-corrected chi connectivity index (χ1v) is 6.66. The first-order chi connectivity index (χ1) is 8.84. The highest BCUT2D eigenvalue weighted by Crippen LogP contribution is 2.50. The normalized spacial score (nSPS) is 45.4. The van der Waals surface area contributed by atoms with Crippen LogP contribution in [0, 0.1) is 17.8 Å². The number of hydrogen-bond acceptors (Lipinski definition) is 4. The Balaban J connectivity index is 2.08. The van der Waals surface area contributed by atoms with E-state index in [2.05, 4.69) is 6.58 Å². The van der Waals surface area contributed by atoms with Gasteiger partial charge in [0, 0.05) is 29.7 Å². The minimum Gasteiger partial charge on any atom is -0.458 e. The minimum absolute atomic E-state index is 0.0744. The van der Waals surface area contributed by atoms with Crippen LogP contribution >= 0.6 is 0 Å². The number of carbonyl (C=O) groups excluding carboxylic acids is 2. The van der Waals surface area contributed by atoms with Gasteiger partial charge in [0.15, 0.2) is 5.78 Å². The van der Waals surface area contributed by atoms with Crippen LogP contribution in [0.25, 0.3) is 0 Å². The van der Waals surface area contributed by atoms with Crippen molar-refractivity contribution >= 4 is 11.8 Å². The van der Waals surface area contributed by atoms with Crippen molar-refractivity contribution in [2.24, 2.45) is 17.8 Å². The molecule has 0 spiro atoms. The summed E-state index contributed by atoms with van der Waals surface area (Å²) in [6.45, 7) is 7.32. The van der Waals surface area contributed by atoms with Gasteiger partial charge in [-0.05, 0) is 20.3 Å². The minimum atomic E-state index is -1.35. The summed E-state index contributed by atoms with van der Waals surface area (Å²) in [6, 6.07) is 0. The highest BCUT2D eigenvalue weighted by Gasteiger charge is 2.57. The first kappa shape index (κ1) is 12.6. The summed E-state index contributed by atoms with van der Waals surface area (Å²) in [5, 5.41) is 10.6. The molecule has 102 valence electrons.